The van der Waals surface area contributed by atoms with E-state index in [0.717, 1.165) is 13.0 Å². The fraction of sp³-hybridized carbons (Fsp3) is 1.00. The molecule has 0 spiro atoms. The van der Waals surface area contributed by atoms with Gasteiger partial charge in [0.25, 0.3) is 0 Å². The van der Waals surface area contributed by atoms with Gasteiger partial charge in [0, 0.05) is 6.61 Å². The second kappa shape index (κ2) is 22.0. The summed E-state index contributed by atoms with van der Waals surface area (Å²) in [5.74, 6) is 0.682. The number of ether oxygens (including phenoxy) is 7. The van der Waals surface area contributed by atoms with Gasteiger partial charge in [0.1, 0.15) is 0 Å². The standard InChI is InChI=1S/C20H42O7/c1-19(2)5-6-21-7-8-22-9-10-23-11-12-24-13-14-25-15-16-26-17-18-27-20(3)4/h19-20H,5-18H2,1-4H3. The third kappa shape index (κ3) is 25.7. The molecule has 0 heterocycles. The minimum absolute atomic E-state index is 0.248. The topological polar surface area (TPSA) is 64.6 Å². The number of hydrogen-bond donors (Lipinski definition) is 0. The molecular formula is C20H42O7. The van der Waals surface area contributed by atoms with Crippen molar-refractivity contribution in [1.82, 2.24) is 0 Å². The molecule has 0 rings (SSSR count). The van der Waals surface area contributed by atoms with E-state index in [9.17, 15) is 0 Å². The van der Waals surface area contributed by atoms with Crippen LogP contribution in [-0.4, -0.2) is 92.0 Å². The highest BCUT2D eigenvalue weighted by molar-refractivity contribution is 4.42. The summed E-state index contributed by atoms with van der Waals surface area (Å²) in [6.07, 6.45) is 1.34. The van der Waals surface area contributed by atoms with Crippen molar-refractivity contribution in [1.29, 1.82) is 0 Å². The molecule has 0 aromatic carbocycles. The van der Waals surface area contributed by atoms with Crippen LogP contribution >= 0.6 is 0 Å². The first-order valence-corrected chi connectivity index (χ1v) is 10.2. The number of hydrogen-bond acceptors (Lipinski definition) is 7. The first-order chi connectivity index (χ1) is 13.1. The highest BCUT2D eigenvalue weighted by Crippen LogP contribution is 1.98. The summed E-state index contributed by atoms with van der Waals surface area (Å²) in [6, 6.07) is 0. The molecule has 0 unspecified atom stereocenters. The summed E-state index contributed by atoms with van der Waals surface area (Å²) >= 11 is 0. The maximum absolute atomic E-state index is 5.47. The molecule has 0 saturated carbocycles. The van der Waals surface area contributed by atoms with Gasteiger partial charge in [0.15, 0.2) is 0 Å². The molecule has 0 amide bonds. The summed E-state index contributed by atoms with van der Waals surface area (Å²) in [5, 5.41) is 0. The zero-order valence-corrected chi connectivity index (χ0v) is 17.9. The van der Waals surface area contributed by atoms with Crippen molar-refractivity contribution >= 4 is 0 Å². The molecule has 0 N–H and O–H groups in total. The molecule has 0 saturated heterocycles. The molecule has 0 aliphatic carbocycles. The summed E-state index contributed by atoms with van der Waals surface area (Å²) in [6.45, 7) is 16.2. The molecule has 0 radical (unpaired) electrons. The second-order valence-corrected chi connectivity index (χ2v) is 6.78. The smallest absolute Gasteiger partial charge is 0.0703 e. The molecule has 164 valence electrons. The Morgan fingerprint density at radius 3 is 1.00 bits per heavy atom. The predicted octanol–water partition coefficient (Wildman–Crippen LogP) is 2.56. The van der Waals surface area contributed by atoms with Crippen LogP contribution in [0.25, 0.3) is 0 Å². The first-order valence-electron chi connectivity index (χ1n) is 10.2. The van der Waals surface area contributed by atoms with Crippen molar-refractivity contribution in [2.45, 2.75) is 40.2 Å². The Morgan fingerprint density at radius 1 is 0.407 bits per heavy atom. The highest BCUT2D eigenvalue weighted by Gasteiger charge is 1.96. The lowest BCUT2D eigenvalue weighted by atomic mass is 10.1. The fourth-order valence-corrected chi connectivity index (χ4v) is 1.86. The minimum atomic E-state index is 0.248. The van der Waals surface area contributed by atoms with Gasteiger partial charge in [-0.15, -0.1) is 0 Å². The Bertz CT molecular complexity index is 249. The van der Waals surface area contributed by atoms with Crippen molar-refractivity contribution in [3.8, 4) is 0 Å². The van der Waals surface area contributed by atoms with Crippen LogP contribution in [0, 0.1) is 5.92 Å². The molecule has 0 atom stereocenters. The molecule has 0 aromatic heterocycles. The lowest BCUT2D eigenvalue weighted by Crippen LogP contribution is -2.15. The molecule has 27 heavy (non-hydrogen) atoms. The molecule has 7 heteroatoms. The largest absolute Gasteiger partial charge is 0.379 e. The Balaban J connectivity index is 2.99. The maximum atomic E-state index is 5.47. The van der Waals surface area contributed by atoms with Gasteiger partial charge in [0.2, 0.25) is 0 Å². The molecule has 0 aromatic rings. The maximum Gasteiger partial charge on any atom is 0.0703 e. The van der Waals surface area contributed by atoms with E-state index in [2.05, 4.69) is 13.8 Å². The Labute approximate surface area is 165 Å². The third-order valence-corrected chi connectivity index (χ3v) is 3.38. The Kier molecular flexibility index (Phi) is 21.8. The highest BCUT2D eigenvalue weighted by atomic mass is 16.6. The lowest BCUT2D eigenvalue weighted by Gasteiger charge is -2.09. The van der Waals surface area contributed by atoms with Gasteiger partial charge < -0.3 is 33.2 Å². The molecule has 0 aliphatic rings. The van der Waals surface area contributed by atoms with Gasteiger partial charge in [-0.3, -0.25) is 0 Å². The first kappa shape index (κ1) is 26.7. The SMILES string of the molecule is CC(C)CCOCCOCCOCCOCCOCCOCCOC(C)C. The van der Waals surface area contributed by atoms with Gasteiger partial charge in [-0.25, -0.2) is 0 Å². The van der Waals surface area contributed by atoms with E-state index in [-0.39, 0.29) is 6.10 Å². The van der Waals surface area contributed by atoms with Crippen LogP contribution in [0.2, 0.25) is 0 Å². The average Bonchev–Trinajstić information content (AvgIpc) is 2.62. The van der Waals surface area contributed by atoms with Crippen LogP contribution in [0.3, 0.4) is 0 Å². The molecule has 0 aliphatic heterocycles. The van der Waals surface area contributed by atoms with Crippen LogP contribution in [0.1, 0.15) is 34.1 Å². The second-order valence-electron chi connectivity index (χ2n) is 6.78. The summed E-state index contributed by atoms with van der Waals surface area (Å²) < 4.78 is 37.9. The summed E-state index contributed by atoms with van der Waals surface area (Å²) in [4.78, 5) is 0. The van der Waals surface area contributed by atoms with Gasteiger partial charge in [-0.1, -0.05) is 13.8 Å². The molecule has 0 fully saturated rings. The van der Waals surface area contributed by atoms with E-state index >= 15 is 0 Å². The molecule has 0 bridgehead atoms. The molecule has 7 nitrogen and oxygen atoms in total. The van der Waals surface area contributed by atoms with Crippen LogP contribution in [-0.2, 0) is 33.2 Å². The minimum Gasteiger partial charge on any atom is -0.379 e. The quantitative estimate of drug-likeness (QED) is 0.262. The number of rotatable bonds is 22. The van der Waals surface area contributed by atoms with Gasteiger partial charge in [0.05, 0.1) is 85.4 Å². The van der Waals surface area contributed by atoms with E-state index in [1.165, 1.54) is 0 Å². The lowest BCUT2D eigenvalue weighted by molar-refractivity contribution is -0.0239. The van der Waals surface area contributed by atoms with Crippen molar-refractivity contribution in [2.75, 3.05) is 85.9 Å². The van der Waals surface area contributed by atoms with Gasteiger partial charge in [-0.05, 0) is 26.2 Å². The summed E-state index contributed by atoms with van der Waals surface area (Å²) in [7, 11) is 0. The predicted molar refractivity (Wildman–Crippen MR) is 105 cm³/mol. The van der Waals surface area contributed by atoms with Gasteiger partial charge >= 0.3 is 0 Å². The van der Waals surface area contributed by atoms with Crippen LogP contribution in [0.4, 0.5) is 0 Å². The Hall–Kier alpha value is -0.280. The van der Waals surface area contributed by atoms with Crippen molar-refractivity contribution in [2.24, 2.45) is 5.92 Å². The van der Waals surface area contributed by atoms with Crippen LogP contribution < -0.4 is 0 Å². The Morgan fingerprint density at radius 2 is 0.704 bits per heavy atom. The van der Waals surface area contributed by atoms with E-state index in [1.807, 2.05) is 13.8 Å². The van der Waals surface area contributed by atoms with E-state index < -0.39 is 0 Å². The normalized spacial score (nSPS) is 11.8. The van der Waals surface area contributed by atoms with Crippen LogP contribution in [0.15, 0.2) is 0 Å². The third-order valence-electron chi connectivity index (χ3n) is 3.38. The van der Waals surface area contributed by atoms with Gasteiger partial charge in [-0.2, -0.15) is 0 Å². The van der Waals surface area contributed by atoms with E-state index in [1.54, 1.807) is 0 Å². The average molecular weight is 395 g/mol. The van der Waals surface area contributed by atoms with E-state index in [0.29, 0.717) is 85.2 Å². The summed E-state index contributed by atoms with van der Waals surface area (Å²) in [5.41, 5.74) is 0. The zero-order valence-electron chi connectivity index (χ0n) is 17.9. The van der Waals surface area contributed by atoms with E-state index in [4.69, 9.17) is 33.2 Å². The molecular weight excluding hydrogens is 352 g/mol. The van der Waals surface area contributed by atoms with Crippen LogP contribution in [0.5, 0.6) is 0 Å². The monoisotopic (exact) mass is 394 g/mol. The van der Waals surface area contributed by atoms with Crippen molar-refractivity contribution < 1.29 is 33.2 Å². The fourth-order valence-electron chi connectivity index (χ4n) is 1.86. The van der Waals surface area contributed by atoms with Crippen molar-refractivity contribution in [3.05, 3.63) is 0 Å². The zero-order chi connectivity index (χ0) is 20.0. The van der Waals surface area contributed by atoms with Crippen molar-refractivity contribution in [3.63, 3.8) is 0 Å².